The van der Waals surface area contributed by atoms with E-state index in [1.54, 1.807) is 0 Å². The molecule has 0 radical (unpaired) electrons. The van der Waals surface area contributed by atoms with E-state index in [0.717, 1.165) is 13.2 Å². The third kappa shape index (κ3) is 3.84. The summed E-state index contributed by atoms with van der Waals surface area (Å²) in [5, 5.41) is 2.39. The number of hydrogen-bond donors (Lipinski definition) is 1. The second-order valence-corrected chi connectivity index (χ2v) is 3.77. The molecule has 0 amide bonds. The predicted molar refractivity (Wildman–Crippen MR) is 50.2 cm³/mol. The van der Waals surface area contributed by atoms with Crippen molar-refractivity contribution in [2.75, 3.05) is 19.7 Å². The van der Waals surface area contributed by atoms with Crippen LogP contribution in [0.3, 0.4) is 0 Å². The number of nitrogens with two attached hydrogens (primary N) is 1. The number of halogens is 1. The van der Waals surface area contributed by atoms with Crippen molar-refractivity contribution < 1.29 is 22.5 Å². The minimum absolute atomic E-state index is 0. The van der Waals surface area contributed by atoms with Crippen molar-refractivity contribution in [1.29, 1.82) is 0 Å². The van der Waals surface area contributed by atoms with Crippen molar-refractivity contribution in [3.8, 4) is 0 Å². The summed E-state index contributed by atoms with van der Waals surface area (Å²) < 4.78 is 5.89. The normalized spacial score (nSPS) is 28.2. The number of quaternary nitrogens is 1. The smallest absolute Gasteiger partial charge is 0.117 e. The van der Waals surface area contributed by atoms with E-state index in [1.807, 2.05) is 0 Å². The van der Waals surface area contributed by atoms with Crippen LogP contribution in [0.2, 0.25) is 0 Å². The Morgan fingerprint density at radius 1 is 1.38 bits per heavy atom. The van der Waals surface area contributed by atoms with Crippen molar-refractivity contribution in [2.24, 2.45) is 0 Å². The van der Waals surface area contributed by atoms with Gasteiger partial charge in [-0.15, -0.1) is 0 Å². The van der Waals surface area contributed by atoms with Crippen molar-refractivity contribution >= 4 is 0 Å². The predicted octanol–water partition coefficient (Wildman–Crippen LogP) is -2.08. The Hall–Kier alpha value is 0.210. The Kier molecular flexibility index (Phi) is 6.74. The summed E-state index contributed by atoms with van der Waals surface area (Å²) in [5.41, 5.74) is 0.217. The summed E-state index contributed by atoms with van der Waals surface area (Å²) in [5.74, 6) is 0. The van der Waals surface area contributed by atoms with Gasteiger partial charge >= 0.3 is 0 Å². The first-order chi connectivity index (χ1) is 5.83. The molecule has 13 heavy (non-hydrogen) atoms. The minimum Gasteiger partial charge on any atom is -1.00 e. The molecular weight excluding hydrogens is 186 g/mol. The molecule has 0 aromatic heterocycles. The Bertz CT molecular complexity index is 124. The van der Waals surface area contributed by atoms with Gasteiger partial charge in [0.25, 0.3) is 0 Å². The van der Waals surface area contributed by atoms with Crippen molar-refractivity contribution in [2.45, 2.75) is 45.1 Å². The van der Waals surface area contributed by atoms with Crippen LogP contribution in [-0.2, 0) is 4.74 Å². The summed E-state index contributed by atoms with van der Waals surface area (Å²) >= 11 is 0. The molecular formula is C10H22ClNO. The van der Waals surface area contributed by atoms with Gasteiger partial charge in [0.05, 0.1) is 13.2 Å². The molecule has 1 atom stereocenters. The van der Waals surface area contributed by atoms with E-state index in [-0.39, 0.29) is 18.0 Å². The third-order valence-corrected chi connectivity index (χ3v) is 2.88. The highest BCUT2D eigenvalue weighted by Gasteiger charge is 2.33. The SMILES string of the molecule is CCCCC1(CC)C[NH2+]CCO1.[Cl-]. The van der Waals surface area contributed by atoms with Gasteiger partial charge in [0.1, 0.15) is 12.1 Å². The van der Waals surface area contributed by atoms with E-state index < -0.39 is 0 Å². The molecule has 1 saturated heterocycles. The molecule has 0 spiro atoms. The molecule has 1 aliphatic heterocycles. The molecule has 1 heterocycles. The van der Waals surface area contributed by atoms with Crippen molar-refractivity contribution in [1.82, 2.24) is 0 Å². The Morgan fingerprint density at radius 3 is 2.62 bits per heavy atom. The maximum absolute atomic E-state index is 5.89. The van der Waals surface area contributed by atoms with E-state index in [2.05, 4.69) is 19.2 Å². The van der Waals surface area contributed by atoms with E-state index in [1.165, 1.54) is 32.2 Å². The van der Waals surface area contributed by atoms with Crippen LogP contribution in [-0.4, -0.2) is 25.3 Å². The Labute approximate surface area is 87.8 Å². The van der Waals surface area contributed by atoms with Crippen LogP contribution >= 0.6 is 0 Å². The highest BCUT2D eigenvalue weighted by Crippen LogP contribution is 2.22. The first-order valence-electron chi connectivity index (χ1n) is 5.28. The molecule has 0 aliphatic carbocycles. The van der Waals surface area contributed by atoms with Gasteiger partial charge in [-0.05, 0) is 12.8 Å². The molecule has 1 unspecified atom stereocenters. The maximum atomic E-state index is 5.89. The molecule has 1 rings (SSSR count). The molecule has 2 N–H and O–H groups in total. The lowest BCUT2D eigenvalue weighted by atomic mass is 9.92. The molecule has 0 aromatic rings. The summed E-state index contributed by atoms with van der Waals surface area (Å²) in [6, 6.07) is 0. The van der Waals surface area contributed by atoms with Gasteiger partial charge in [-0.25, -0.2) is 0 Å². The fourth-order valence-electron chi connectivity index (χ4n) is 1.88. The second-order valence-electron chi connectivity index (χ2n) is 3.77. The Morgan fingerprint density at radius 2 is 2.15 bits per heavy atom. The fraction of sp³-hybridized carbons (Fsp3) is 1.00. The number of ether oxygens (including phenoxy) is 1. The lowest BCUT2D eigenvalue weighted by Crippen LogP contribution is -3.00. The zero-order chi connectivity index (χ0) is 8.86. The lowest BCUT2D eigenvalue weighted by molar-refractivity contribution is -0.686. The number of morpholine rings is 1. The fourth-order valence-corrected chi connectivity index (χ4v) is 1.88. The van der Waals surface area contributed by atoms with Crippen LogP contribution in [0, 0.1) is 0 Å². The number of rotatable bonds is 4. The standard InChI is InChI=1S/C10H21NO.ClH/c1-3-5-6-10(4-2)9-11-7-8-12-10;/h11H,3-9H2,1-2H3;1H. The summed E-state index contributed by atoms with van der Waals surface area (Å²) in [7, 11) is 0. The second kappa shape index (κ2) is 6.63. The molecule has 0 aromatic carbocycles. The van der Waals surface area contributed by atoms with Crippen LogP contribution in [0.5, 0.6) is 0 Å². The van der Waals surface area contributed by atoms with Gasteiger partial charge in [-0.1, -0.05) is 26.7 Å². The molecule has 1 aliphatic rings. The topological polar surface area (TPSA) is 25.8 Å². The average molecular weight is 208 g/mol. The zero-order valence-corrected chi connectivity index (χ0v) is 9.57. The summed E-state index contributed by atoms with van der Waals surface area (Å²) in [6.45, 7) is 7.75. The average Bonchev–Trinajstić information content (AvgIpc) is 2.16. The lowest BCUT2D eigenvalue weighted by Gasteiger charge is -2.34. The molecule has 2 nitrogen and oxygen atoms in total. The van der Waals surface area contributed by atoms with E-state index in [9.17, 15) is 0 Å². The van der Waals surface area contributed by atoms with Gasteiger partial charge in [0.15, 0.2) is 0 Å². The number of hydrogen-bond acceptors (Lipinski definition) is 1. The molecule has 0 bridgehead atoms. The van der Waals surface area contributed by atoms with E-state index in [0.29, 0.717) is 0 Å². The maximum Gasteiger partial charge on any atom is 0.117 e. The summed E-state index contributed by atoms with van der Waals surface area (Å²) in [4.78, 5) is 0. The van der Waals surface area contributed by atoms with Gasteiger partial charge in [-0.3, -0.25) is 0 Å². The van der Waals surface area contributed by atoms with Crippen LogP contribution in [0.4, 0.5) is 0 Å². The van der Waals surface area contributed by atoms with E-state index in [4.69, 9.17) is 4.74 Å². The molecule has 80 valence electrons. The van der Waals surface area contributed by atoms with Gasteiger partial charge in [0, 0.05) is 0 Å². The Balaban J connectivity index is 0.00000144. The van der Waals surface area contributed by atoms with Crippen LogP contribution in [0.25, 0.3) is 0 Å². The van der Waals surface area contributed by atoms with Crippen LogP contribution < -0.4 is 17.7 Å². The largest absolute Gasteiger partial charge is 1.00 e. The first-order valence-corrected chi connectivity index (χ1v) is 5.28. The highest BCUT2D eigenvalue weighted by molar-refractivity contribution is 4.79. The minimum atomic E-state index is 0. The van der Waals surface area contributed by atoms with Gasteiger partial charge in [0.2, 0.25) is 0 Å². The monoisotopic (exact) mass is 207 g/mol. The van der Waals surface area contributed by atoms with Crippen LogP contribution in [0.15, 0.2) is 0 Å². The zero-order valence-electron chi connectivity index (χ0n) is 8.81. The third-order valence-electron chi connectivity index (χ3n) is 2.88. The van der Waals surface area contributed by atoms with E-state index >= 15 is 0 Å². The first kappa shape index (κ1) is 13.2. The molecule has 3 heteroatoms. The molecule has 1 fully saturated rings. The van der Waals surface area contributed by atoms with Gasteiger partial charge < -0.3 is 22.5 Å². The van der Waals surface area contributed by atoms with Crippen molar-refractivity contribution in [3.63, 3.8) is 0 Å². The summed E-state index contributed by atoms with van der Waals surface area (Å²) in [6.07, 6.45) is 5.01. The molecule has 0 saturated carbocycles. The quantitative estimate of drug-likeness (QED) is 0.563. The van der Waals surface area contributed by atoms with Gasteiger partial charge in [-0.2, -0.15) is 0 Å². The van der Waals surface area contributed by atoms with Crippen LogP contribution in [0.1, 0.15) is 39.5 Å². The van der Waals surface area contributed by atoms with Crippen molar-refractivity contribution in [3.05, 3.63) is 0 Å². The number of unbranched alkanes of at least 4 members (excludes halogenated alkanes) is 1. The highest BCUT2D eigenvalue weighted by atomic mass is 35.5.